The number of aliphatic hydroxyl groups excluding tert-OH is 3. The molecule has 0 saturated carbocycles. The fraction of sp³-hybridized carbons (Fsp3) is 0.360. The Labute approximate surface area is 193 Å². The van der Waals surface area contributed by atoms with Gasteiger partial charge in [0.25, 0.3) is 5.91 Å². The largest absolute Gasteiger partial charge is 0.494 e. The number of carbonyl (C=O) groups excluding carboxylic acids is 1. The van der Waals surface area contributed by atoms with E-state index in [4.69, 9.17) is 24.7 Å². The van der Waals surface area contributed by atoms with Gasteiger partial charge in [0.2, 0.25) is 5.90 Å². The van der Waals surface area contributed by atoms with Gasteiger partial charge in [-0.3, -0.25) is 4.79 Å². The summed E-state index contributed by atoms with van der Waals surface area (Å²) in [4.78, 5) is 18.1. The first kappa shape index (κ1) is 24.4. The smallest absolute Gasteiger partial charge is 0.252 e. The summed E-state index contributed by atoms with van der Waals surface area (Å²) < 4.78 is 11.8. The second-order valence-corrected chi connectivity index (χ2v) is 7.74. The molecule has 0 saturated heterocycles. The van der Waals surface area contributed by atoms with Gasteiger partial charge in [-0.05, 0) is 29.8 Å². The minimum atomic E-state index is -1.33. The third-order valence-electron chi connectivity index (χ3n) is 5.30. The normalized spacial score (nSPS) is 20.5. The number of rotatable bonds is 12. The highest BCUT2D eigenvalue weighted by molar-refractivity contribution is 6.01. The first-order valence-corrected chi connectivity index (χ1v) is 10.9. The monoisotopic (exact) mass is 454 g/mol. The molecule has 1 heterocycles. The van der Waals surface area contributed by atoms with Crippen LogP contribution in [0.5, 0.6) is 5.75 Å². The molecule has 1 aliphatic rings. The van der Waals surface area contributed by atoms with E-state index < -0.39 is 30.3 Å². The fourth-order valence-electron chi connectivity index (χ4n) is 3.59. The molecule has 3 atom stereocenters. The van der Waals surface area contributed by atoms with Gasteiger partial charge >= 0.3 is 0 Å². The highest BCUT2D eigenvalue weighted by Crippen LogP contribution is 2.42. The third-order valence-corrected chi connectivity index (χ3v) is 5.30. The van der Waals surface area contributed by atoms with E-state index in [9.17, 15) is 9.90 Å². The van der Waals surface area contributed by atoms with Crippen LogP contribution >= 0.6 is 0 Å². The SMILES string of the molecule is C=CC[C@]1(C(=O)NCC(O)CO)N=C(c2ccc(OCCCO)cc2)O[C@H]1c1ccccc1. The molecule has 176 valence electrons. The van der Waals surface area contributed by atoms with E-state index in [2.05, 4.69) is 11.9 Å². The number of carbonyl (C=O) groups is 1. The molecule has 0 spiro atoms. The van der Waals surface area contributed by atoms with Crippen LogP contribution in [0.3, 0.4) is 0 Å². The van der Waals surface area contributed by atoms with E-state index in [0.717, 1.165) is 5.56 Å². The quantitative estimate of drug-likeness (QED) is 0.286. The van der Waals surface area contributed by atoms with Gasteiger partial charge in [-0.2, -0.15) is 0 Å². The average molecular weight is 455 g/mol. The van der Waals surface area contributed by atoms with Crippen molar-refractivity contribution in [2.24, 2.45) is 4.99 Å². The van der Waals surface area contributed by atoms with Crippen molar-refractivity contribution >= 4 is 11.8 Å². The molecule has 1 unspecified atom stereocenters. The van der Waals surface area contributed by atoms with Crippen LogP contribution in [0.15, 0.2) is 72.2 Å². The number of ether oxygens (including phenoxy) is 2. The molecule has 0 aromatic heterocycles. The number of hydrogen-bond donors (Lipinski definition) is 4. The van der Waals surface area contributed by atoms with E-state index in [1.807, 2.05) is 30.3 Å². The van der Waals surface area contributed by atoms with Crippen molar-refractivity contribution in [1.29, 1.82) is 0 Å². The Morgan fingerprint density at radius 3 is 2.58 bits per heavy atom. The lowest BCUT2D eigenvalue weighted by molar-refractivity contribution is -0.129. The van der Waals surface area contributed by atoms with E-state index in [0.29, 0.717) is 30.2 Å². The fourth-order valence-corrected chi connectivity index (χ4v) is 3.59. The Hall–Kier alpha value is -3.20. The van der Waals surface area contributed by atoms with Crippen LogP contribution in [-0.4, -0.2) is 65.1 Å². The minimum Gasteiger partial charge on any atom is -0.494 e. The van der Waals surface area contributed by atoms with Crippen molar-refractivity contribution in [1.82, 2.24) is 5.32 Å². The summed E-state index contributed by atoms with van der Waals surface area (Å²) in [6, 6.07) is 16.5. The summed E-state index contributed by atoms with van der Waals surface area (Å²) in [5, 5.41) is 30.4. The molecule has 8 nitrogen and oxygen atoms in total. The molecule has 3 rings (SSSR count). The van der Waals surface area contributed by atoms with Gasteiger partial charge in [-0.15, -0.1) is 6.58 Å². The molecular weight excluding hydrogens is 424 g/mol. The van der Waals surface area contributed by atoms with Crippen molar-refractivity contribution in [3.8, 4) is 5.75 Å². The maximum Gasteiger partial charge on any atom is 0.252 e. The maximum atomic E-state index is 13.4. The number of amides is 1. The van der Waals surface area contributed by atoms with Gasteiger partial charge in [0.1, 0.15) is 5.75 Å². The first-order chi connectivity index (χ1) is 16.0. The Bertz CT molecular complexity index is 947. The summed E-state index contributed by atoms with van der Waals surface area (Å²) in [6.45, 7) is 3.70. The average Bonchev–Trinajstić information content (AvgIpc) is 3.24. The second-order valence-electron chi connectivity index (χ2n) is 7.74. The number of hydrogen-bond acceptors (Lipinski definition) is 7. The number of aliphatic hydroxyl groups is 3. The van der Waals surface area contributed by atoms with Gasteiger partial charge in [0.05, 0.1) is 19.3 Å². The van der Waals surface area contributed by atoms with Crippen LogP contribution in [0.25, 0.3) is 0 Å². The predicted molar refractivity (Wildman–Crippen MR) is 124 cm³/mol. The van der Waals surface area contributed by atoms with Gasteiger partial charge in [0.15, 0.2) is 11.6 Å². The molecule has 0 fully saturated rings. The van der Waals surface area contributed by atoms with Crippen LogP contribution in [-0.2, 0) is 9.53 Å². The van der Waals surface area contributed by atoms with Crippen molar-refractivity contribution in [2.75, 3.05) is 26.4 Å². The van der Waals surface area contributed by atoms with Crippen molar-refractivity contribution in [3.63, 3.8) is 0 Å². The summed E-state index contributed by atoms with van der Waals surface area (Å²) in [5.41, 5.74) is 0.128. The van der Waals surface area contributed by atoms with Gasteiger partial charge in [0, 0.05) is 31.6 Å². The molecule has 0 aliphatic carbocycles. The van der Waals surface area contributed by atoms with Gasteiger partial charge in [-0.25, -0.2) is 4.99 Å². The van der Waals surface area contributed by atoms with Crippen LogP contribution in [0.2, 0.25) is 0 Å². The predicted octanol–water partition coefficient (Wildman–Crippen LogP) is 1.75. The Morgan fingerprint density at radius 1 is 1.21 bits per heavy atom. The maximum absolute atomic E-state index is 13.4. The lowest BCUT2D eigenvalue weighted by Crippen LogP contribution is -2.50. The summed E-state index contributed by atoms with van der Waals surface area (Å²) >= 11 is 0. The van der Waals surface area contributed by atoms with Crippen molar-refractivity contribution in [2.45, 2.75) is 30.6 Å². The number of benzene rings is 2. The van der Waals surface area contributed by atoms with Crippen LogP contribution < -0.4 is 10.1 Å². The van der Waals surface area contributed by atoms with E-state index in [1.165, 1.54) is 0 Å². The lowest BCUT2D eigenvalue weighted by atomic mass is 9.84. The molecule has 8 heteroatoms. The van der Waals surface area contributed by atoms with Gasteiger partial charge in [-0.1, -0.05) is 36.4 Å². The first-order valence-electron chi connectivity index (χ1n) is 10.9. The molecule has 4 N–H and O–H groups in total. The van der Waals surface area contributed by atoms with Gasteiger partial charge < -0.3 is 30.1 Å². The zero-order valence-electron chi connectivity index (χ0n) is 18.4. The zero-order valence-corrected chi connectivity index (χ0v) is 18.4. The summed E-state index contributed by atoms with van der Waals surface area (Å²) in [7, 11) is 0. The Kier molecular flexibility index (Phi) is 8.59. The Balaban J connectivity index is 1.93. The Morgan fingerprint density at radius 2 is 1.94 bits per heavy atom. The molecule has 1 amide bonds. The molecule has 33 heavy (non-hydrogen) atoms. The summed E-state index contributed by atoms with van der Waals surface area (Å²) in [6.07, 6.45) is 0.582. The van der Waals surface area contributed by atoms with E-state index in [-0.39, 0.29) is 19.6 Å². The van der Waals surface area contributed by atoms with Crippen molar-refractivity contribution in [3.05, 3.63) is 78.4 Å². The number of nitrogens with zero attached hydrogens (tertiary/aromatic N) is 1. The van der Waals surface area contributed by atoms with Crippen LogP contribution in [0.1, 0.15) is 30.1 Å². The molecule has 2 aromatic rings. The molecule has 1 aliphatic heterocycles. The number of aliphatic imine (C=N–C) groups is 1. The van der Waals surface area contributed by atoms with E-state index in [1.54, 1.807) is 30.3 Å². The topological polar surface area (TPSA) is 121 Å². The zero-order chi connectivity index (χ0) is 23.7. The molecule has 2 aromatic carbocycles. The highest BCUT2D eigenvalue weighted by Gasteiger charge is 2.52. The highest BCUT2D eigenvalue weighted by atomic mass is 16.5. The standard InChI is InChI=1S/C25H30N2O6/c1-2-13-25(24(31)26-16-20(30)17-29)22(18-7-4-3-5-8-18)33-23(27-25)19-9-11-21(12-10-19)32-15-6-14-28/h2-5,7-12,20,22,28-30H,1,6,13-17H2,(H,26,31)/t20?,22-,25-/m0/s1. The lowest BCUT2D eigenvalue weighted by Gasteiger charge is -2.30. The molecule has 0 bridgehead atoms. The molecular formula is C25H30N2O6. The van der Waals surface area contributed by atoms with Crippen LogP contribution in [0, 0.1) is 0 Å². The third kappa shape index (κ3) is 5.78. The molecule has 0 radical (unpaired) electrons. The second kappa shape index (κ2) is 11.6. The summed E-state index contributed by atoms with van der Waals surface area (Å²) in [5.74, 6) is 0.534. The van der Waals surface area contributed by atoms with Crippen molar-refractivity contribution < 1.29 is 29.6 Å². The van der Waals surface area contributed by atoms with E-state index >= 15 is 0 Å². The minimum absolute atomic E-state index is 0.0619. The number of nitrogens with one attached hydrogen (secondary N) is 1. The van der Waals surface area contributed by atoms with Crippen LogP contribution in [0.4, 0.5) is 0 Å².